The lowest BCUT2D eigenvalue weighted by Crippen LogP contribution is -2.48. The number of carbonyl (C=O) groups excluding carboxylic acids is 1. The molecule has 2 bridgehead atoms. The highest BCUT2D eigenvalue weighted by atomic mass is 32.2. The van der Waals surface area contributed by atoms with Gasteiger partial charge in [0.15, 0.2) is 0 Å². The molecule has 0 unspecified atom stereocenters. The fourth-order valence-corrected chi connectivity index (χ4v) is 8.31. The van der Waals surface area contributed by atoms with Crippen molar-refractivity contribution in [1.29, 1.82) is 5.26 Å². The van der Waals surface area contributed by atoms with E-state index in [1.807, 2.05) is 22.8 Å². The summed E-state index contributed by atoms with van der Waals surface area (Å²) in [7, 11) is 0. The maximum atomic E-state index is 12.9. The number of hydrogen-bond acceptors (Lipinski definition) is 7. The van der Waals surface area contributed by atoms with Gasteiger partial charge in [-0.05, 0) is 36.0 Å². The van der Waals surface area contributed by atoms with Crippen LogP contribution < -0.4 is 10.9 Å². The van der Waals surface area contributed by atoms with Gasteiger partial charge in [-0.3, -0.25) is 14.5 Å². The van der Waals surface area contributed by atoms with E-state index >= 15 is 0 Å². The van der Waals surface area contributed by atoms with E-state index < -0.39 is 0 Å². The van der Waals surface area contributed by atoms with Crippen molar-refractivity contribution in [3.8, 4) is 6.07 Å². The highest BCUT2D eigenvalue weighted by Crippen LogP contribution is 2.38. The van der Waals surface area contributed by atoms with Crippen LogP contribution in [0.3, 0.4) is 0 Å². The summed E-state index contributed by atoms with van der Waals surface area (Å²) in [6.45, 7) is 4.84. The number of thiocarbonyl (C=S) groups is 1. The number of nitrogens with one attached hydrogen (secondary N) is 1. The Kier molecular flexibility index (Phi) is 7.58. The molecule has 0 saturated carbocycles. The first kappa shape index (κ1) is 26.3. The maximum absolute atomic E-state index is 12.9. The van der Waals surface area contributed by atoms with Gasteiger partial charge in [0.1, 0.15) is 15.4 Å². The number of rotatable bonds is 5. The van der Waals surface area contributed by atoms with Crippen LogP contribution in [0.4, 0.5) is 5.00 Å². The number of carbonyl (C=O) groups is 1. The van der Waals surface area contributed by atoms with Crippen LogP contribution in [0.2, 0.25) is 0 Å². The normalized spacial score (nSPS) is 20.0. The van der Waals surface area contributed by atoms with Gasteiger partial charge in [-0.25, -0.2) is 0 Å². The number of amides is 1. The Morgan fingerprint density at radius 2 is 2.00 bits per heavy atom. The fourth-order valence-electron chi connectivity index (χ4n) is 6.07. The number of hydrogen-bond donors (Lipinski definition) is 1. The summed E-state index contributed by atoms with van der Waals surface area (Å²) in [4.78, 5) is 31.0. The van der Waals surface area contributed by atoms with Crippen molar-refractivity contribution in [2.24, 2.45) is 5.92 Å². The number of fused-ring (bicyclic) bond motifs is 5. The Morgan fingerprint density at radius 1 is 1.15 bits per heavy atom. The van der Waals surface area contributed by atoms with Gasteiger partial charge < -0.3 is 14.8 Å². The van der Waals surface area contributed by atoms with Gasteiger partial charge in [-0.2, -0.15) is 5.26 Å². The Hall–Kier alpha value is -2.97. The number of nitrogens with zero attached hydrogens (tertiary/aromatic N) is 4. The summed E-state index contributed by atoms with van der Waals surface area (Å²) in [6.07, 6.45) is 1.87. The maximum Gasteiger partial charge on any atom is 0.250 e. The van der Waals surface area contributed by atoms with Crippen LogP contribution in [0.15, 0.2) is 53.3 Å². The molecular formula is C29H29N5O2S3. The summed E-state index contributed by atoms with van der Waals surface area (Å²) >= 11 is 8.62. The highest BCUT2D eigenvalue weighted by Gasteiger charge is 2.35. The lowest BCUT2D eigenvalue weighted by atomic mass is 9.83. The number of aromatic nitrogens is 1. The molecule has 0 aliphatic carbocycles. The first-order valence-corrected chi connectivity index (χ1v) is 15.4. The number of likely N-dealkylation sites (tertiary alicyclic amines) is 1. The quantitative estimate of drug-likeness (QED) is 0.451. The third-order valence-corrected chi connectivity index (χ3v) is 10.5. The predicted octanol–water partition coefficient (Wildman–Crippen LogP) is 4.42. The van der Waals surface area contributed by atoms with Crippen molar-refractivity contribution in [2.45, 2.75) is 38.4 Å². The molecule has 2 aromatic heterocycles. The Morgan fingerprint density at radius 3 is 2.82 bits per heavy atom. The van der Waals surface area contributed by atoms with Crippen molar-refractivity contribution >= 4 is 50.5 Å². The Labute approximate surface area is 241 Å². The Balaban J connectivity index is 1.05. The van der Waals surface area contributed by atoms with E-state index in [1.165, 1.54) is 28.7 Å². The minimum absolute atomic E-state index is 0.0696. The van der Waals surface area contributed by atoms with Crippen molar-refractivity contribution in [3.63, 3.8) is 0 Å². The molecule has 10 heteroatoms. The van der Waals surface area contributed by atoms with Gasteiger partial charge in [0.05, 0.1) is 11.3 Å². The van der Waals surface area contributed by atoms with Gasteiger partial charge in [-0.1, -0.05) is 60.4 Å². The van der Waals surface area contributed by atoms with E-state index in [4.69, 9.17) is 12.2 Å². The summed E-state index contributed by atoms with van der Waals surface area (Å²) < 4.78 is 2.63. The molecule has 3 aliphatic heterocycles. The summed E-state index contributed by atoms with van der Waals surface area (Å²) in [5, 5.41) is 13.5. The second-order valence-electron chi connectivity index (χ2n) is 10.5. The van der Waals surface area contributed by atoms with Crippen molar-refractivity contribution in [2.75, 3.05) is 30.7 Å². The summed E-state index contributed by atoms with van der Waals surface area (Å²) in [5.41, 5.74) is 4.11. The smallest absolute Gasteiger partial charge is 0.250 e. The Bertz CT molecular complexity index is 1510. The third kappa shape index (κ3) is 5.54. The average molecular weight is 576 g/mol. The predicted molar refractivity (Wildman–Crippen MR) is 160 cm³/mol. The van der Waals surface area contributed by atoms with E-state index in [-0.39, 0.29) is 23.1 Å². The number of benzene rings is 1. The number of pyridine rings is 1. The summed E-state index contributed by atoms with van der Waals surface area (Å²) in [5.74, 6) is 0.707. The van der Waals surface area contributed by atoms with Crippen LogP contribution in [0, 0.1) is 17.2 Å². The largest absolute Gasteiger partial charge is 0.356 e. The molecule has 0 radical (unpaired) electrons. The molecule has 1 N–H and O–H groups in total. The number of thiophene rings is 1. The molecule has 1 fully saturated rings. The minimum atomic E-state index is -0.146. The average Bonchev–Trinajstić information content (AvgIpc) is 3.28. The van der Waals surface area contributed by atoms with Crippen LogP contribution in [0.25, 0.3) is 0 Å². The lowest BCUT2D eigenvalue weighted by molar-refractivity contribution is -0.113. The molecule has 39 heavy (non-hydrogen) atoms. The molecule has 1 saturated heterocycles. The minimum Gasteiger partial charge on any atom is -0.356 e. The van der Waals surface area contributed by atoms with Crippen LogP contribution in [-0.2, 0) is 30.8 Å². The first-order chi connectivity index (χ1) is 19.0. The zero-order valence-electron chi connectivity index (χ0n) is 21.5. The molecule has 7 nitrogen and oxygen atoms in total. The number of anilines is 1. The monoisotopic (exact) mass is 575 g/mol. The molecule has 0 spiro atoms. The van der Waals surface area contributed by atoms with Gasteiger partial charge >= 0.3 is 0 Å². The highest BCUT2D eigenvalue weighted by molar-refractivity contribution is 8.23. The standard InChI is InChI=1S/C29H29N5O2S3/c30-12-23-22-9-10-32(13-19-5-2-1-3-6-19)17-25(22)39-28(23)31-26(35)18-38-29(37)33-14-20-11-21(16-33)24-7-4-8-27(36)34(24)15-20/h1-8,20-21H,9-11,13-18H2,(H,31,35)/t20-,21+/m1/s1. The van der Waals surface area contributed by atoms with E-state index in [9.17, 15) is 14.9 Å². The van der Waals surface area contributed by atoms with Crippen LogP contribution in [0.5, 0.6) is 0 Å². The molecule has 3 aromatic rings. The van der Waals surface area contributed by atoms with E-state index in [0.29, 0.717) is 20.8 Å². The molecule has 5 heterocycles. The van der Waals surface area contributed by atoms with Gasteiger partial charge in [-0.15, -0.1) is 11.3 Å². The van der Waals surface area contributed by atoms with Crippen molar-refractivity contribution in [3.05, 3.63) is 86.1 Å². The zero-order valence-corrected chi connectivity index (χ0v) is 23.9. The molecule has 2 atom stereocenters. The second kappa shape index (κ2) is 11.3. The molecule has 200 valence electrons. The van der Waals surface area contributed by atoms with Crippen LogP contribution >= 0.6 is 35.3 Å². The summed E-state index contributed by atoms with van der Waals surface area (Å²) in [6, 6.07) is 18.2. The number of thioether (sulfide) groups is 1. The van der Waals surface area contributed by atoms with Crippen LogP contribution in [0.1, 0.15) is 39.6 Å². The van der Waals surface area contributed by atoms with Gasteiger partial charge in [0.2, 0.25) is 5.91 Å². The SMILES string of the molecule is N#Cc1c(NC(=O)CSC(=S)N2C[C@H]3C[C@@H](C2)c2cccc(=O)n2C3)sc2c1CCN(Cc1ccccc1)C2. The van der Waals surface area contributed by atoms with Crippen molar-refractivity contribution < 1.29 is 4.79 Å². The second-order valence-corrected chi connectivity index (χ2v) is 13.2. The molecular weight excluding hydrogens is 547 g/mol. The van der Waals surface area contributed by atoms with E-state index in [2.05, 4.69) is 45.5 Å². The topological polar surface area (TPSA) is 81.4 Å². The number of nitriles is 1. The fraction of sp³-hybridized carbons (Fsp3) is 0.379. The molecule has 1 aromatic carbocycles. The third-order valence-electron chi connectivity index (χ3n) is 7.81. The zero-order chi connectivity index (χ0) is 26.9. The van der Waals surface area contributed by atoms with Gasteiger partial charge in [0, 0.05) is 61.8 Å². The molecule has 1 amide bonds. The first-order valence-electron chi connectivity index (χ1n) is 13.2. The van der Waals surface area contributed by atoms with Crippen molar-refractivity contribution in [1.82, 2.24) is 14.4 Å². The van der Waals surface area contributed by atoms with E-state index in [1.54, 1.807) is 6.07 Å². The lowest BCUT2D eigenvalue weighted by Gasteiger charge is -2.43. The molecule has 6 rings (SSSR count). The van der Waals surface area contributed by atoms with Crippen LogP contribution in [-0.4, -0.2) is 50.0 Å². The van der Waals surface area contributed by atoms with Gasteiger partial charge in [0.25, 0.3) is 5.56 Å². The molecule has 3 aliphatic rings. The number of piperidine rings is 1. The van der Waals surface area contributed by atoms with E-state index in [0.717, 1.165) is 68.2 Å².